The van der Waals surface area contributed by atoms with Gasteiger partial charge in [0.2, 0.25) is 0 Å². The standard InChI is InChI=1S/C9H23PSSi/c1-9(2,3)10(4,11)8-12(5,6)7/h8H2,1-7H3. The van der Waals surface area contributed by atoms with Gasteiger partial charge >= 0.3 is 0 Å². The molecule has 0 aromatic rings. The van der Waals surface area contributed by atoms with Gasteiger partial charge in [0.25, 0.3) is 0 Å². The molecule has 1 atom stereocenters. The second kappa shape index (κ2) is 3.55. The fourth-order valence-corrected chi connectivity index (χ4v) is 13.8. The summed E-state index contributed by atoms with van der Waals surface area (Å²) in [6, 6.07) is -1.10. The van der Waals surface area contributed by atoms with Gasteiger partial charge in [0.15, 0.2) is 0 Å². The fraction of sp³-hybridized carbons (Fsp3) is 1.00. The molecule has 0 spiro atoms. The molecule has 0 rings (SSSR count). The molecule has 0 aliphatic carbocycles. The Morgan fingerprint density at radius 2 is 1.50 bits per heavy atom. The van der Waals surface area contributed by atoms with Gasteiger partial charge in [0, 0.05) is 8.07 Å². The van der Waals surface area contributed by atoms with Crippen molar-refractivity contribution in [3.63, 3.8) is 0 Å². The second-order valence-electron chi connectivity index (χ2n) is 5.99. The number of hydrogen-bond acceptors (Lipinski definition) is 1. The highest BCUT2D eigenvalue weighted by Gasteiger charge is 2.31. The van der Waals surface area contributed by atoms with Crippen LogP contribution in [-0.4, -0.2) is 25.7 Å². The lowest BCUT2D eigenvalue weighted by atomic mass is 10.3. The molecule has 0 aromatic heterocycles. The molecule has 0 amide bonds. The summed E-state index contributed by atoms with van der Waals surface area (Å²) in [5.41, 5.74) is 0. The molecule has 0 saturated heterocycles. The van der Waals surface area contributed by atoms with Gasteiger partial charge < -0.3 is 0 Å². The maximum atomic E-state index is 5.77. The lowest BCUT2D eigenvalue weighted by Crippen LogP contribution is -2.31. The lowest BCUT2D eigenvalue weighted by molar-refractivity contribution is 0.785. The summed E-state index contributed by atoms with van der Waals surface area (Å²) in [7, 11) is -0.957. The first-order chi connectivity index (χ1) is 4.96. The van der Waals surface area contributed by atoms with Crippen molar-refractivity contribution in [1.29, 1.82) is 0 Å². The van der Waals surface area contributed by atoms with E-state index in [9.17, 15) is 0 Å². The predicted molar refractivity (Wildman–Crippen MR) is 68.2 cm³/mol. The van der Waals surface area contributed by atoms with Crippen LogP contribution < -0.4 is 0 Å². The van der Waals surface area contributed by atoms with Crippen molar-refractivity contribution < 1.29 is 0 Å². The zero-order valence-electron chi connectivity index (χ0n) is 9.56. The summed E-state index contributed by atoms with van der Waals surface area (Å²) >= 11 is 5.77. The van der Waals surface area contributed by atoms with Crippen LogP contribution in [-0.2, 0) is 11.8 Å². The molecule has 12 heavy (non-hydrogen) atoms. The SMILES string of the molecule is CC(C)(C)P(C)(=S)C[Si](C)(C)C. The van der Waals surface area contributed by atoms with Crippen LogP contribution in [0.5, 0.6) is 0 Å². The number of hydrogen-bond donors (Lipinski definition) is 0. The highest BCUT2D eigenvalue weighted by molar-refractivity contribution is 8.15. The number of rotatable bonds is 2. The van der Waals surface area contributed by atoms with Gasteiger partial charge in [-0.2, -0.15) is 0 Å². The Kier molecular flexibility index (Phi) is 3.81. The van der Waals surface area contributed by atoms with E-state index >= 15 is 0 Å². The molecule has 0 aliphatic heterocycles. The largest absolute Gasteiger partial charge is 0.0975 e. The van der Waals surface area contributed by atoms with E-state index in [0.29, 0.717) is 5.16 Å². The Morgan fingerprint density at radius 1 is 1.17 bits per heavy atom. The molecule has 0 radical (unpaired) electrons. The van der Waals surface area contributed by atoms with Crippen molar-refractivity contribution in [3.05, 3.63) is 0 Å². The first kappa shape index (κ1) is 12.9. The summed E-state index contributed by atoms with van der Waals surface area (Å²) in [5.74, 6) is 1.35. The van der Waals surface area contributed by atoms with Crippen LogP contribution in [0, 0.1) is 0 Å². The van der Waals surface area contributed by atoms with E-state index in [4.69, 9.17) is 11.8 Å². The Balaban J connectivity index is 4.57. The van der Waals surface area contributed by atoms with Crippen LogP contribution in [0.25, 0.3) is 0 Å². The van der Waals surface area contributed by atoms with Gasteiger partial charge in [-0.3, -0.25) is 0 Å². The first-order valence-electron chi connectivity index (χ1n) is 4.52. The van der Waals surface area contributed by atoms with E-state index in [1.165, 1.54) is 5.79 Å². The fourth-order valence-electron chi connectivity index (χ4n) is 1.14. The van der Waals surface area contributed by atoms with E-state index in [-0.39, 0.29) is 0 Å². The zero-order valence-corrected chi connectivity index (χ0v) is 12.3. The molecule has 0 heterocycles. The van der Waals surface area contributed by atoms with Gasteiger partial charge in [0.05, 0.1) is 0 Å². The van der Waals surface area contributed by atoms with Crippen LogP contribution in [0.4, 0.5) is 0 Å². The van der Waals surface area contributed by atoms with Crippen LogP contribution in [0.2, 0.25) is 19.6 Å². The highest BCUT2D eigenvalue weighted by atomic mass is 32.4. The Morgan fingerprint density at radius 3 is 1.58 bits per heavy atom. The van der Waals surface area contributed by atoms with Crippen molar-refractivity contribution in [2.75, 3.05) is 12.5 Å². The molecule has 0 saturated carbocycles. The highest BCUT2D eigenvalue weighted by Crippen LogP contribution is 2.55. The van der Waals surface area contributed by atoms with Crippen molar-refractivity contribution >= 4 is 25.9 Å². The monoisotopic (exact) mass is 222 g/mol. The topological polar surface area (TPSA) is 0 Å². The predicted octanol–water partition coefficient (Wildman–Crippen LogP) is 3.77. The maximum absolute atomic E-state index is 5.77. The molecule has 0 fully saturated rings. The Bertz CT molecular complexity index is 198. The Labute approximate surface area is 84.2 Å². The van der Waals surface area contributed by atoms with E-state index in [1.54, 1.807) is 0 Å². The van der Waals surface area contributed by atoms with Crippen molar-refractivity contribution in [2.24, 2.45) is 0 Å². The second-order valence-corrected chi connectivity index (χ2v) is 18.3. The van der Waals surface area contributed by atoms with Gasteiger partial charge in [0.1, 0.15) is 0 Å². The van der Waals surface area contributed by atoms with Gasteiger partial charge in [-0.1, -0.05) is 52.2 Å². The molecular weight excluding hydrogens is 199 g/mol. The zero-order chi connectivity index (χ0) is 10.2. The van der Waals surface area contributed by atoms with Gasteiger partial charge in [-0.15, -0.1) is 0 Å². The average molecular weight is 222 g/mol. The smallest absolute Gasteiger partial charge is 0.0494 e. The lowest BCUT2D eigenvalue weighted by Gasteiger charge is -2.36. The van der Waals surface area contributed by atoms with Gasteiger partial charge in [-0.05, 0) is 23.6 Å². The molecule has 0 aromatic carbocycles. The Hall–Kier alpha value is 0.867. The summed E-state index contributed by atoms with van der Waals surface area (Å²) in [5, 5.41) is 0.364. The first-order valence-corrected chi connectivity index (χ1v) is 11.7. The van der Waals surface area contributed by atoms with Crippen molar-refractivity contribution in [2.45, 2.75) is 45.6 Å². The molecule has 0 bridgehead atoms. The molecular formula is C9H23PSSi. The molecule has 3 heteroatoms. The third kappa shape index (κ3) is 4.20. The van der Waals surface area contributed by atoms with Crippen LogP contribution in [0.15, 0.2) is 0 Å². The summed E-state index contributed by atoms with van der Waals surface area (Å²) in [4.78, 5) is 0. The van der Waals surface area contributed by atoms with Crippen molar-refractivity contribution in [1.82, 2.24) is 0 Å². The quantitative estimate of drug-likeness (QED) is 0.506. The van der Waals surface area contributed by atoms with Crippen LogP contribution in [0.3, 0.4) is 0 Å². The average Bonchev–Trinajstić information content (AvgIpc) is 1.52. The van der Waals surface area contributed by atoms with E-state index < -0.39 is 14.1 Å². The van der Waals surface area contributed by atoms with E-state index in [0.717, 1.165) is 0 Å². The molecule has 1 unspecified atom stereocenters. The summed E-state index contributed by atoms with van der Waals surface area (Å²) in [6.07, 6.45) is 0. The maximum Gasteiger partial charge on any atom is 0.0494 e. The van der Waals surface area contributed by atoms with Crippen LogP contribution >= 0.6 is 6.04 Å². The third-order valence-corrected chi connectivity index (χ3v) is 14.0. The van der Waals surface area contributed by atoms with Gasteiger partial charge in [-0.25, -0.2) is 0 Å². The summed E-state index contributed by atoms with van der Waals surface area (Å²) in [6.45, 7) is 16.5. The van der Waals surface area contributed by atoms with Crippen molar-refractivity contribution in [3.8, 4) is 0 Å². The summed E-state index contributed by atoms with van der Waals surface area (Å²) < 4.78 is 0. The van der Waals surface area contributed by atoms with E-state index in [2.05, 4.69) is 47.1 Å². The van der Waals surface area contributed by atoms with Crippen LogP contribution in [0.1, 0.15) is 20.8 Å². The molecule has 0 N–H and O–H groups in total. The minimum atomic E-state index is -1.10. The van der Waals surface area contributed by atoms with E-state index in [1.807, 2.05) is 0 Å². The molecule has 74 valence electrons. The molecule has 0 aliphatic rings. The minimum absolute atomic E-state index is 0.364. The molecule has 0 nitrogen and oxygen atoms in total. The normalized spacial score (nSPS) is 18.9. The minimum Gasteiger partial charge on any atom is -0.0975 e. The third-order valence-electron chi connectivity index (χ3n) is 2.20.